The number of aryl methyl sites for hydroxylation is 1. The number of nitrogens with one attached hydrogen (secondary N) is 1. The number of carbonyl (C=O) groups is 2. The highest BCUT2D eigenvalue weighted by Gasteiger charge is 2.22. The van der Waals surface area contributed by atoms with Gasteiger partial charge in [-0.3, -0.25) is 9.59 Å². The molecule has 2 amide bonds. The Morgan fingerprint density at radius 1 is 1.15 bits per heavy atom. The van der Waals surface area contributed by atoms with E-state index in [2.05, 4.69) is 5.32 Å². The van der Waals surface area contributed by atoms with Crippen molar-refractivity contribution in [2.45, 2.75) is 12.8 Å². The highest BCUT2D eigenvalue weighted by atomic mass is 19.1. The van der Waals surface area contributed by atoms with E-state index in [1.807, 2.05) is 12.1 Å². The van der Waals surface area contributed by atoms with E-state index in [4.69, 9.17) is 9.47 Å². The lowest BCUT2D eigenvalue weighted by molar-refractivity contribution is -0.122. The number of methoxy groups -OCH3 is 1. The standard InChI is InChI=1S/C20H21FN2O4/c1-26-13-20(25)23-10-2-3-14-11-16(6-9-18(14)23)22-19(24)12-27-17-7-4-15(21)5-8-17/h4-9,11H,2-3,10,12-13H2,1H3,(H,22,24). The second-order valence-electron chi connectivity index (χ2n) is 6.22. The van der Waals surface area contributed by atoms with Gasteiger partial charge >= 0.3 is 0 Å². The topological polar surface area (TPSA) is 67.9 Å². The largest absolute Gasteiger partial charge is 0.484 e. The Bertz CT molecular complexity index is 823. The van der Waals surface area contributed by atoms with Crippen LogP contribution in [0.1, 0.15) is 12.0 Å². The highest BCUT2D eigenvalue weighted by Crippen LogP contribution is 2.29. The number of halogens is 1. The first-order valence-corrected chi connectivity index (χ1v) is 8.67. The third-order valence-electron chi connectivity index (χ3n) is 4.23. The van der Waals surface area contributed by atoms with Gasteiger partial charge in [0, 0.05) is 25.0 Å². The zero-order valence-corrected chi connectivity index (χ0v) is 15.0. The highest BCUT2D eigenvalue weighted by molar-refractivity contribution is 5.96. The molecule has 0 unspecified atom stereocenters. The van der Waals surface area contributed by atoms with Crippen LogP contribution in [0.5, 0.6) is 5.75 Å². The number of rotatable bonds is 6. The van der Waals surface area contributed by atoms with E-state index in [-0.39, 0.29) is 30.8 Å². The number of anilines is 2. The number of nitrogens with zero attached hydrogens (tertiary/aromatic N) is 1. The van der Waals surface area contributed by atoms with Crippen molar-refractivity contribution in [3.63, 3.8) is 0 Å². The molecular formula is C20H21FN2O4. The van der Waals surface area contributed by atoms with Crippen LogP contribution in [0.25, 0.3) is 0 Å². The van der Waals surface area contributed by atoms with Crippen molar-refractivity contribution in [3.8, 4) is 5.75 Å². The molecule has 0 saturated heterocycles. The summed E-state index contributed by atoms with van der Waals surface area (Å²) in [6.07, 6.45) is 1.69. The van der Waals surface area contributed by atoms with Gasteiger partial charge < -0.3 is 19.7 Å². The molecule has 0 aliphatic carbocycles. The molecule has 142 valence electrons. The number of carbonyl (C=O) groups excluding carboxylic acids is 2. The summed E-state index contributed by atoms with van der Waals surface area (Å²) in [4.78, 5) is 26.0. The number of hydrogen-bond donors (Lipinski definition) is 1. The molecule has 1 heterocycles. The van der Waals surface area contributed by atoms with E-state index in [0.29, 0.717) is 18.0 Å². The van der Waals surface area contributed by atoms with Crippen molar-refractivity contribution in [1.82, 2.24) is 0 Å². The van der Waals surface area contributed by atoms with Gasteiger partial charge in [0.05, 0.1) is 0 Å². The van der Waals surface area contributed by atoms with E-state index < -0.39 is 0 Å². The molecule has 2 aromatic carbocycles. The van der Waals surface area contributed by atoms with Crippen LogP contribution >= 0.6 is 0 Å². The van der Waals surface area contributed by atoms with Gasteiger partial charge in [-0.25, -0.2) is 4.39 Å². The van der Waals surface area contributed by atoms with E-state index in [1.165, 1.54) is 31.4 Å². The fraction of sp³-hybridized carbons (Fsp3) is 0.300. The molecule has 1 aliphatic rings. The molecular weight excluding hydrogens is 351 g/mol. The van der Waals surface area contributed by atoms with Gasteiger partial charge in [0.15, 0.2) is 6.61 Å². The molecule has 0 radical (unpaired) electrons. The van der Waals surface area contributed by atoms with Gasteiger partial charge in [-0.15, -0.1) is 0 Å². The minimum absolute atomic E-state index is 0.0403. The Morgan fingerprint density at radius 3 is 2.67 bits per heavy atom. The Morgan fingerprint density at radius 2 is 1.93 bits per heavy atom. The maximum atomic E-state index is 12.9. The molecule has 0 aromatic heterocycles. The smallest absolute Gasteiger partial charge is 0.262 e. The Kier molecular flexibility index (Phi) is 6.03. The van der Waals surface area contributed by atoms with Gasteiger partial charge in [0.25, 0.3) is 11.8 Å². The average molecular weight is 372 g/mol. The lowest BCUT2D eigenvalue weighted by Crippen LogP contribution is -2.37. The summed E-state index contributed by atoms with van der Waals surface area (Å²) in [6, 6.07) is 10.9. The Hall–Kier alpha value is -2.93. The van der Waals surface area contributed by atoms with E-state index in [0.717, 1.165) is 24.1 Å². The lowest BCUT2D eigenvalue weighted by atomic mass is 10.0. The second-order valence-corrected chi connectivity index (χ2v) is 6.22. The van der Waals surface area contributed by atoms with Crippen LogP contribution in [0.4, 0.5) is 15.8 Å². The van der Waals surface area contributed by atoms with E-state index >= 15 is 0 Å². The maximum absolute atomic E-state index is 12.9. The van der Waals surface area contributed by atoms with E-state index in [9.17, 15) is 14.0 Å². The molecule has 0 saturated carbocycles. The molecule has 27 heavy (non-hydrogen) atoms. The number of benzene rings is 2. The van der Waals surface area contributed by atoms with Crippen LogP contribution < -0.4 is 15.0 Å². The molecule has 7 heteroatoms. The average Bonchev–Trinajstić information content (AvgIpc) is 2.67. The number of amides is 2. The van der Waals surface area contributed by atoms with Gasteiger partial charge in [0.2, 0.25) is 0 Å². The maximum Gasteiger partial charge on any atom is 0.262 e. The van der Waals surface area contributed by atoms with Crippen LogP contribution in [-0.2, 0) is 20.7 Å². The first-order valence-electron chi connectivity index (χ1n) is 8.67. The lowest BCUT2D eigenvalue weighted by Gasteiger charge is -2.29. The summed E-state index contributed by atoms with van der Waals surface area (Å²) in [5, 5.41) is 2.78. The summed E-state index contributed by atoms with van der Waals surface area (Å²) >= 11 is 0. The van der Waals surface area contributed by atoms with Crippen molar-refractivity contribution >= 4 is 23.2 Å². The van der Waals surface area contributed by atoms with Crippen molar-refractivity contribution in [2.24, 2.45) is 0 Å². The molecule has 2 aromatic rings. The zero-order valence-electron chi connectivity index (χ0n) is 15.0. The van der Waals surface area contributed by atoms with Crippen LogP contribution in [0.15, 0.2) is 42.5 Å². The number of ether oxygens (including phenoxy) is 2. The molecule has 1 aliphatic heterocycles. The summed E-state index contributed by atoms with van der Waals surface area (Å²) in [6.45, 7) is 0.520. The van der Waals surface area contributed by atoms with Crippen molar-refractivity contribution in [3.05, 3.63) is 53.8 Å². The fourth-order valence-electron chi connectivity index (χ4n) is 3.01. The van der Waals surface area contributed by atoms with Crippen molar-refractivity contribution in [1.29, 1.82) is 0 Å². The predicted octanol–water partition coefficient (Wildman–Crippen LogP) is 2.77. The predicted molar refractivity (Wildman–Crippen MR) is 99.5 cm³/mol. The fourth-order valence-corrected chi connectivity index (χ4v) is 3.01. The SMILES string of the molecule is COCC(=O)N1CCCc2cc(NC(=O)COc3ccc(F)cc3)ccc21. The van der Waals surface area contributed by atoms with Gasteiger partial charge in [0.1, 0.15) is 18.2 Å². The minimum atomic E-state index is -0.362. The number of fused-ring (bicyclic) bond motifs is 1. The van der Waals surface area contributed by atoms with Crippen molar-refractivity contribution in [2.75, 3.05) is 37.1 Å². The monoisotopic (exact) mass is 372 g/mol. The summed E-state index contributed by atoms with van der Waals surface area (Å²) in [5.41, 5.74) is 2.49. The quantitative estimate of drug-likeness (QED) is 0.847. The minimum Gasteiger partial charge on any atom is -0.484 e. The second kappa shape index (κ2) is 8.64. The molecule has 0 fully saturated rings. The number of hydrogen-bond acceptors (Lipinski definition) is 4. The van der Waals surface area contributed by atoms with Crippen LogP contribution in [-0.4, -0.2) is 38.7 Å². The van der Waals surface area contributed by atoms with Crippen LogP contribution in [0.2, 0.25) is 0 Å². The van der Waals surface area contributed by atoms with E-state index in [1.54, 1.807) is 11.0 Å². The molecule has 1 N–H and O–H groups in total. The summed E-state index contributed by atoms with van der Waals surface area (Å²) in [5.74, 6) is -0.339. The van der Waals surface area contributed by atoms with Crippen LogP contribution in [0, 0.1) is 5.82 Å². The zero-order chi connectivity index (χ0) is 19.2. The van der Waals surface area contributed by atoms with Gasteiger partial charge in [-0.1, -0.05) is 0 Å². The third-order valence-corrected chi connectivity index (χ3v) is 4.23. The molecule has 0 atom stereocenters. The Labute approximate surface area is 156 Å². The van der Waals surface area contributed by atoms with Gasteiger partial charge in [-0.2, -0.15) is 0 Å². The third kappa shape index (κ3) is 4.83. The first-order chi connectivity index (χ1) is 13.1. The van der Waals surface area contributed by atoms with Gasteiger partial charge in [-0.05, 0) is 60.9 Å². The molecule has 0 bridgehead atoms. The summed E-state index contributed by atoms with van der Waals surface area (Å²) in [7, 11) is 1.50. The normalized spacial score (nSPS) is 13.0. The molecule has 0 spiro atoms. The van der Waals surface area contributed by atoms with Crippen LogP contribution in [0.3, 0.4) is 0 Å². The van der Waals surface area contributed by atoms with Crippen molar-refractivity contribution < 1.29 is 23.5 Å². The molecule has 6 nitrogen and oxygen atoms in total. The Balaban J connectivity index is 1.61. The molecule has 3 rings (SSSR count). The first kappa shape index (κ1) is 18.8. The summed E-state index contributed by atoms with van der Waals surface area (Å²) < 4.78 is 23.1.